The summed E-state index contributed by atoms with van der Waals surface area (Å²) in [6.07, 6.45) is 5.78. The van der Waals surface area contributed by atoms with E-state index >= 15 is 0 Å². The van der Waals surface area contributed by atoms with Crippen LogP contribution in [0, 0.1) is 11.8 Å². The first kappa shape index (κ1) is 16.7. The Bertz CT molecular complexity index is 368. The minimum Gasteiger partial charge on any atom is -0.481 e. The van der Waals surface area contributed by atoms with E-state index in [9.17, 15) is 9.59 Å². The zero-order valence-electron chi connectivity index (χ0n) is 12.6. The molecule has 20 heavy (non-hydrogen) atoms. The summed E-state index contributed by atoms with van der Waals surface area (Å²) in [5.74, 6) is -2.05. The molecule has 1 rings (SSSR count). The van der Waals surface area contributed by atoms with Crippen molar-refractivity contribution < 1.29 is 14.7 Å². The Kier molecular flexibility index (Phi) is 6.71. The van der Waals surface area contributed by atoms with Gasteiger partial charge in [0.1, 0.15) is 0 Å². The fourth-order valence-electron chi connectivity index (χ4n) is 2.40. The molecule has 5 nitrogen and oxygen atoms in total. The van der Waals surface area contributed by atoms with Gasteiger partial charge in [0.25, 0.3) is 0 Å². The molecule has 0 aromatic carbocycles. The molecular weight excluding hydrogens is 256 g/mol. The average Bonchev–Trinajstić information content (AvgIpc) is 2.45. The van der Waals surface area contributed by atoms with Crippen molar-refractivity contribution in [3.63, 3.8) is 0 Å². The van der Waals surface area contributed by atoms with Crippen LogP contribution in [0.4, 0.5) is 0 Å². The molecule has 0 heterocycles. The number of aliphatic carboxylic acids is 1. The number of hydrogen-bond acceptors (Lipinski definition) is 3. The smallest absolute Gasteiger partial charge is 0.307 e. The molecule has 1 aliphatic carbocycles. The van der Waals surface area contributed by atoms with Gasteiger partial charge in [-0.15, -0.1) is 0 Å². The van der Waals surface area contributed by atoms with E-state index in [1.807, 2.05) is 19.2 Å². The number of allylic oxidation sites excluding steroid dienone is 2. The Hall–Kier alpha value is -1.36. The highest BCUT2D eigenvalue weighted by molar-refractivity contribution is 5.85. The number of carbonyl (C=O) groups is 2. The van der Waals surface area contributed by atoms with Crippen LogP contribution < -0.4 is 5.32 Å². The predicted molar refractivity (Wildman–Crippen MR) is 78.4 cm³/mol. The second-order valence-corrected chi connectivity index (χ2v) is 5.52. The van der Waals surface area contributed by atoms with Crippen molar-refractivity contribution in [3.05, 3.63) is 12.2 Å². The Balaban J connectivity index is 2.42. The van der Waals surface area contributed by atoms with Gasteiger partial charge >= 0.3 is 5.97 Å². The fourth-order valence-corrected chi connectivity index (χ4v) is 2.40. The number of carbonyl (C=O) groups excluding carboxylic acids is 1. The maximum absolute atomic E-state index is 12.1. The van der Waals surface area contributed by atoms with Crippen LogP contribution in [0.3, 0.4) is 0 Å². The van der Waals surface area contributed by atoms with Gasteiger partial charge in [0, 0.05) is 19.1 Å². The molecule has 0 radical (unpaired) electrons. The van der Waals surface area contributed by atoms with Crippen LogP contribution in [-0.2, 0) is 9.59 Å². The van der Waals surface area contributed by atoms with Crippen molar-refractivity contribution in [2.24, 2.45) is 11.8 Å². The summed E-state index contributed by atoms with van der Waals surface area (Å²) < 4.78 is 0. The maximum atomic E-state index is 12.1. The number of carboxylic acid groups (broad SMARTS) is 1. The van der Waals surface area contributed by atoms with Gasteiger partial charge in [0.15, 0.2) is 0 Å². The van der Waals surface area contributed by atoms with E-state index in [-0.39, 0.29) is 5.91 Å². The van der Waals surface area contributed by atoms with Gasteiger partial charge in [-0.2, -0.15) is 0 Å². The molecule has 0 saturated carbocycles. The Morgan fingerprint density at radius 3 is 2.50 bits per heavy atom. The first-order valence-electron chi connectivity index (χ1n) is 7.33. The van der Waals surface area contributed by atoms with Crippen molar-refractivity contribution in [2.75, 3.05) is 20.1 Å². The predicted octanol–water partition coefficient (Wildman–Crippen LogP) is 1.50. The van der Waals surface area contributed by atoms with Gasteiger partial charge in [-0.05, 0) is 33.2 Å². The molecule has 1 amide bonds. The SMILES string of the molecule is CCC(C)N(C)CCNC(=O)C1CC=CCC1C(=O)O. The standard InChI is InChI=1S/C15H26N2O3/c1-4-11(2)17(3)10-9-16-14(18)12-7-5-6-8-13(12)15(19)20/h5-6,11-13H,4,7-10H2,1-3H3,(H,16,18)(H,19,20). The highest BCUT2D eigenvalue weighted by Gasteiger charge is 2.33. The lowest BCUT2D eigenvalue weighted by molar-refractivity contribution is -0.147. The molecule has 0 fully saturated rings. The van der Waals surface area contributed by atoms with Gasteiger partial charge in [-0.1, -0.05) is 19.1 Å². The summed E-state index contributed by atoms with van der Waals surface area (Å²) in [6, 6.07) is 0.483. The van der Waals surface area contributed by atoms with Crippen molar-refractivity contribution in [1.29, 1.82) is 0 Å². The van der Waals surface area contributed by atoms with E-state index in [2.05, 4.69) is 24.1 Å². The molecular formula is C15H26N2O3. The van der Waals surface area contributed by atoms with Crippen LogP contribution in [-0.4, -0.2) is 48.1 Å². The third kappa shape index (κ3) is 4.63. The normalized spacial score (nSPS) is 23.6. The molecule has 0 aromatic rings. The highest BCUT2D eigenvalue weighted by atomic mass is 16.4. The van der Waals surface area contributed by atoms with E-state index in [0.29, 0.717) is 25.4 Å². The van der Waals surface area contributed by atoms with Gasteiger partial charge in [0.2, 0.25) is 5.91 Å². The molecule has 0 aromatic heterocycles. The van der Waals surface area contributed by atoms with Gasteiger partial charge in [-0.25, -0.2) is 0 Å². The number of rotatable bonds is 7. The average molecular weight is 282 g/mol. The molecule has 2 N–H and O–H groups in total. The molecule has 114 valence electrons. The largest absolute Gasteiger partial charge is 0.481 e. The van der Waals surface area contributed by atoms with Crippen LogP contribution in [0.2, 0.25) is 0 Å². The fraction of sp³-hybridized carbons (Fsp3) is 0.733. The molecule has 0 spiro atoms. The Morgan fingerprint density at radius 1 is 1.35 bits per heavy atom. The lowest BCUT2D eigenvalue weighted by Crippen LogP contribution is -2.42. The van der Waals surface area contributed by atoms with E-state index < -0.39 is 17.8 Å². The molecule has 0 saturated heterocycles. The second kappa shape index (κ2) is 8.04. The van der Waals surface area contributed by atoms with Crippen LogP contribution in [0.25, 0.3) is 0 Å². The summed E-state index contributed by atoms with van der Waals surface area (Å²) >= 11 is 0. The van der Waals surface area contributed by atoms with E-state index in [1.165, 1.54) is 0 Å². The Labute approximate surface area is 121 Å². The molecule has 0 aliphatic heterocycles. The lowest BCUT2D eigenvalue weighted by atomic mass is 9.82. The number of nitrogens with zero attached hydrogens (tertiary/aromatic N) is 1. The van der Waals surface area contributed by atoms with E-state index in [0.717, 1.165) is 13.0 Å². The van der Waals surface area contributed by atoms with Crippen molar-refractivity contribution in [1.82, 2.24) is 10.2 Å². The van der Waals surface area contributed by atoms with Gasteiger partial charge in [-0.3, -0.25) is 9.59 Å². The van der Waals surface area contributed by atoms with E-state index in [4.69, 9.17) is 5.11 Å². The highest BCUT2D eigenvalue weighted by Crippen LogP contribution is 2.25. The van der Waals surface area contributed by atoms with Crippen LogP contribution >= 0.6 is 0 Å². The van der Waals surface area contributed by atoms with Crippen LogP contribution in [0.5, 0.6) is 0 Å². The Morgan fingerprint density at radius 2 is 1.95 bits per heavy atom. The number of carboxylic acids is 1. The molecule has 0 bridgehead atoms. The third-order valence-electron chi connectivity index (χ3n) is 4.19. The maximum Gasteiger partial charge on any atom is 0.307 e. The molecule has 3 atom stereocenters. The number of nitrogens with one attached hydrogen (secondary N) is 1. The topological polar surface area (TPSA) is 69.6 Å². The lowest BCUT2D eigenvalue weighted by Gasteiger charge is -2.26. The molecule has 3 unspecified atom stereocenters. The number of likely N-dealkylation sites (N-methyl/N-ethyl adjacent to an activating group) is 1. The third-order valence-corrected chi connectivity index (χ3v) is 4.19. The zero-order chi connectivity index (χ0) is 15.1. The summed E-state index contributed by atoms with van der Waals surface area (Å²) in [6.45, 7) is 5.62. The van der Waals surface area contributed by atoms with Crippen LogP contribution in [0.15, 0.2) is 12.2 Å². The molecule has 5 heteroatoms. The van der Waals surface area contributed by atoms with Crippen molar-refractivity contribution in [2.45, 2.75) is 39.2 Å². The second-order valence-electron chi connectivity index (χ2n) is 5.52. The first-order chi connectivity index (χ1) is 9.47. The summed E-state index contributed by atoms with van der Waals surface area (Å²) in [7, 11) is 2.03. The van der Waals surface area contributed by atoms with E-state index in [1.54, 1.807) is 0 Å². The minimum atomic E-state index is -0.883. The van der Waals surface area contributed by atoms with Crippen molar-refractivity contribution >= 4 is 11.9 Å². The number of amides is 1. The van der Waals surface area contributed by atoms with Gasteiger partial charge in [0.05, 0.1) is 11.8 Å². The summed E-state index contributed by atoms with van der Waals surface area (Å²) in [5.41, 5.74) is 0. The monoisotopic (exact) mass is 282 g/mol. The summed E-state index contributed by atoms with van der Waals surface area (Å²) in [5, 5.41) is 12.0. The summed E-state index contributed by atoms with van der Waals surface area (Å²) in [4.78, 5) is 25.5. The zero-order valence-corrected chi connectivity index (χ0v) is 12.6. The minimum absolute atomic E-state index is 0.140. The van der Waals surface area contributed by atoms with Crippen LogP contribution in [0.1, 0.15) is 33.1 Å². The van der Waals surface area contributed by atoms with Crippen molar-refractivity contribution in [3.8, 4) is 0 Å². The van der Waals surface area contributed by atoms with Gasteiger partial charge < -0.3 is 15.3 Å². The number of hydrogen-bond donors (Lipinski definition) is 2. The first-order valence-corrected chi connectivity index (χ1v) is 7.33. The molecule has 1 aliphatic rings. The quantitative estimate of drug-likeness (QED) is 0.694.